The van der Waals surface area contributed by atoms with Gasteiger partial charge in [-0.25, -0.2) is 9.97 Å². The molecule has 1 aliphatic rings. The van der Waals surface area contributed by atoms with E-state index in [4.69, 9.17) is 9.47 Å². The van der Waals surface area contributed by atoms with Gasteiger partial charge in [0.25, 0.3) is 0 Å². The molecule has 0 amide bonds. The Hall–Kier alpha value is -2.54. The third-order valence-corrected chi connectivity index (χ3v) is 4.74. The van der Waals surface area contributed by atoms with Crippen molar-refractivity contribution in [2.75, 3.05) is 37.6 Å². The number of aromatic nitrogens is 2. The van der Waals surface area contributed by atoms with Crippen LogP contribution in [-0.4, -0.2) is 48.5 Å². The van der Waals surface area contributed by atoms with Crippen LogP contribution in [0, 0.1) is 0 Å². The SMILES string of the molecule is COc1ccc(CNc2cc(N3CCCCC3CO)ncn2)c(OC)c1. The van der Waals surface area contributed by atoms with E-state index >= 15 is 0 Å². The van der Waals surface area contributed by atoms with Crippen molar-refractivity contribution in [2.45, 2.75) is 31.8 Å². The highest BCUT2D eigenvalue weighted by Crippen LogP contribution is 2.26. The van der Waals surface area contributed by atoms with E-state index in [-0.39, 0.29) is 12.6 Å². The third-order valence-electron chi connectivity index (χ3n) is 4.74. The number of piperidine rings is 1. The van der Waals surface area contributed by atoms with Gasteiger partial charge < -0.3 is 24.8 Å². The minimum absolute atomic E-state index is 0.133. The maximum absolute atomic E-state index is 9.62. The molecule has 0 bridgehead atoms. The van der Waals surface area contributed by atoms with Gasteiger partial charge in [0.2, 0.25) is 0 Å². The van der Waals surface area contributed by atoms with Crippen molar-refractivity contribution in [1.82, 2.24) is 9.97 Å². The molecule has 7 nitrogen and oxygen atoms in total. The summed E-state index contributed by atoms with van der Waals surface area (Å²) < 4.78 is 10.7. The summed E-state index contributed by atoms with van der Waals surface area (Å²) in [7, 11) is 3.28. The van der Waals surface area contributed by atoms with E-state index in [1.807, 2.05) is 24.3 Å². The lowest BCUT2D eigenvalue weighted by Crippen LogP contribution is -2.42. The van der Waals surface area contributed by atoms with Gasteiger partial charge in [0, 0.05) is 30.8 Å². The normalized spacial score (nSPS) is 17.0. The molecule has 0 spiro atoms. The molecule has 1 aliphatic heterocycles. The highest BCUT2D eigenvalue weighted by molar-refractivity contribution is 5.50. The number of nitrogens with one attached hydrogen (secondary N) is 1. The first-order chi connectivity index (χ1) is 12.7. The van der Waals surface area contributed by atoms with Gasteiger partial charge in [-0.2, -0.15) is 0 Å². The largest absolute Gasteiger partial charge is 0.497 e. The second-order valence-electron chi connectivity index (χ2n) is 6.32. The lowest BCUT2D eigenvalue weighted by molar-refractivity contribution is 0.239. The minimum atomic E-state index is 0.133. The molecule has 2 N–H and O–H groups in total. The molecule has 140 valence electrons. The monoisotopic (exact) mass is 358 g/mol. The minimum Gasteiger partial charge on any atom is -0.497 e. The van der Waals surface area contributed by atoms with Crippen molar-refractivity contribution in [2.24, 2.45) is 0 Å². The number of hydrogen-bond donors (Lipinski definition) is 2. The second-order valence-corrected chi connectivity index (χ2v) is 6.32. The number of aliphatic hydroxyl groups is 1. The second kappa shape index (κ2) is 8.71. The van der Waals surface area contributed by atoms with Crippen LogP contribution in [0.2, 0.25) is 0 Å². The lowest BCUT2D eigenvalue weighted by atomic mass is 10.0. The topological polar surface area (TPSA) is 79.7 Å². The number of rotatable bonds is 7. The van der Waals surface area contributed by atoms with Crippen LogP contribution in [0.3, 0.4) is 0 Å². The predicted molar refractivity (Wildman–Crippen MR) is 101 cm³/mol. The average Bonchev–Trinajstić information content (AvgIpc) is 2.72. The fourth-order valence-electron chi connectivity index (χ4n) is 3.28. The molecule has 2 aromatic rings. The van der Waals surface area contributed by atoms with Gasteiger partial charge in [-0.05, 0) is 31.4 Å². The fraction of sp³-hybridized carbons (Fsp3) is 0.474. The Morgan fingerprint density at radius 1 is 1.19 bits per heavy atom. The standard InChI is InChI=1S/C19H26N4O3/c1-25-16-7-6-14(17(9-16)26-2)11-20-18-10-19(22-13-21-18)23-8-4-3-5-15(23)12-24/h6-7,9-10,13,15,24H,3-5,8,11-12H2,1-2H3,(H,20,21,22). The molecule has 1 aromatic carbocycles. The molecule has 26 heavy (non-hydrogen) atoms. The van der Waals surface area contributed by atoms with Crippen molar-refractivity contribution in [3.05, 3.63) is 36.2 Å². The number of nitrogens with zero attached hydrogens (tertiary/aromatic N) is 3. The fourth-order valence-corrected chi connectivity index (χ4v) is 3.28. The Morgan fingerprint density at radius 2 is 2.08 bits per heavy atom. The predicted octanol–water partition coefficient (Wildman–Crippen LogP) is 2.46. The number of aliphatic hydroxyl groups excluding tert-OH is 1. The van der Waals surface area contributed by atoms with Gasteiger partial charge in [-0.1, -0.05) is 0 Å². The molecule has 1 aromatic heterocycles. The zero-order chi connectivity index (χ0) is 18.4. The number of ether oxygens (including phenoxy) is 2. The van der Waals surface area contributed by atoms with Gasteiger partial charge in [-0.3, -0.25) is 0 Å². The number of benzene rings is 1. The Labute approximate surface area is 154 Å². The molecular formula is C19H26N4O3. The van der Waals surface area contributed by atoms with Crippen molar-refractivity contribution >= 4 is 11.6 Å². The van der Waals surface area contributed by atoms with E-state index in [0.29, 0.717) is 6.54 Å². The number of anilines is 2. The quantitative estimate of drug-likeness (QED) is 0.787. The van der Waals surface area contributed by atoms with Crippen molar-refractivity contribution in [1.29, 1.82) is 0 Å². The van der Waals surface area contributed by atoms with E-state index in [9.17, 15) is 5.11 Å². The van der Waals surface area contributed by atoms with Gasteiger partial charge in [-0.15, -0.1) is 0 Å². The molecule has 2 heterocycles. The molecule has 1 saturated heterocycles. The summed E-state index contributed by atoms with van der Waals surface area (Å²) in [6, 6.07) is 7.81. The summed E-state index contributed by atoms with van der Waals surface area (Å²) in [6.45, 7) is 1.64. The molecular weight excluding hydrogens is 332 g/mol. The van der Waals surface area contributed by atoms with Crippen LogP contribution in [0.5, 0.6) is 11.5 Å². The van der Waals surface area contributed by atoms with Crippen LogP contribution in [0.15, 0.2) is 30.6 Å². The first-order valence-corrected chi connectivity index (χ1v) is 8.89. The van der Waals surface area contributed by atoms with E-state index in [0.717, 1.165) is 54.5 Å². The molecule has 1 fully saturated rings. The van der Waals surface area contributed by atoms with Gasteiger partial charge in [0.15, 0.2) is 0 Å². The molecule has 0 saturated carbocycles. The van der Waals surface area contributed by atoms with E-state index in [1.165, 1.54) is 0 Å². The summed E-state index contributed by atoms with van der Waals surface area (Å²) >= 11 is 0. The third kappa shape index (κ3) is 4.16. The van der Waals surface area contributed by atoms with Crippen molar-refractivity contribution in [3.63, 3.8) is 0 Å². The first-order valence-electron chi connectivity index (χ1n) is 8.89. The van der Waals surface area contributed by atoms with Crippen LogP contribution in [-0.2, 0) is 6.54 Å². The summed E-state index contributed by atoms with van der Waals surface area (Å²) in [5.74, 6) is 3.12. The summed E-state index contributed by atoms with van der Waals surface area (Å²) in [5.41, 5.74) is 1.01. The maximum Gasteiger partial charge on any atom is 0.134 e. The van der Waals surface area contributed by atoms with E-state index in [1.54, 1.807) is 20.5 Å². The molecule has 0 radical (unpaired) electrons. The number of hydrogen-bond acceptors (Lipinski definition) is 7. The van der Waals surface area contributed by atoms with Gasteiger partial charge >= 0.3 is 0 Å². The Bertz CT molecular complexity index is 726. The molecule has 0 aliphatic carbocycles. The summed E-state index contributed by atoms with van der Waals surface area (Å²) in [4.78, 5) is 10.9. The van der Waals surface area contributed by atoms with Crippen LogP contribution in [0.1, 0.15) is 24.8 Å². The average molecular weight is 358 g/mol. The molecule has 3 rings (SSSR count). The highest BCUT2D eigenvalue weighted by atomic mass is 16.5. The Kier molecular flexibility index (Phi) is 6.12. The summed E-state index contributed by atoms with van der Waals surface area (Å²) in [6.07, 6.45) is 4.82. The van der Waals surface area contributed by atoms with Crippen molar-refractivity contribution in [3.8, 4) is 11.5 Å². The van der Waals surface area contributed by atoms with Crippen LogP contribution in [0.4, 0.5) is 11.6 Å². The molecule has 1 atom stereocenters. The molecule has 1 unspecified atom stereocenters. The van der Waals surface area contributed by atoms with E-state index in [2.05, 4.69) is 20.2 Å². The van der Waals surface area contributed by atoms with Crippen LogP contribution < -0.4 is 19.7 Å². The van der Waals surface area contributed by atoms with Gasteiger partial charge in [0.05, 0.1) is 26.9 Å². The summed E-state index contributed by atoms with van der Waals surface area (Å²) in [5, 5.41) is 12.9. The Balaban J connectivity index is 1.71. The lowest BCUT2D eigenvalue weighted by Gasteiger charge is -2.35. The first kappa shape index (κ1) is 18.3. The Morgan fingerprint density at radius 3 is 2.85 bits per heavy atom. The van der Waals surface area contributed by atoms with Gasteiger partial charge in [0.1, 0.15) is 29.5 Å². The smallest absolute Gasteiger partial charge is 0.134 e. The van der Waals surface area contributed by atoms with Crippen LogP contribution >= 0.6 is 0 Å². The van der Waals surface area contributed by atoms with Crippen molar-refractivity contribution < 1.29 is 14.6 Å². The molecule has 7 heteroatoms. The zero-order valence-electron chi connectivity index (χ0n) is 15.3. The number of methoxy groups -OCH3 is 2. The highest BCUT2D eigenvalue weighted by Gasteiger charge is 2.23. The van der Waals surface area contributed by atoms with Crippen LogP contribution in [0.25, 0.3) is 0 Å². The van der Waals surface area contributed by atoms with E-state index < -0.39 is 0 Å². The zero-order valence-corrected chi connectivity index (χ0v) is 15.3. The maximum atomic E-state index is 9.62.